The fourth-order valence-corrected chi connectivity index (χ4v) is 0.781. The highest BCUT2D eigenvalue weighted by Gasteiger charge is 2.06. The molecule has 0 radical (unpaired) electrons. The number of esters is 2. The van der Waals surface area contributed by atoms with Gasteiger partial charge in [0.15, 0.2) is 6.61 Å². The van der Waals surface area contributed by atoms with Gasteiger partial charge in [-0.3, -0.25) is 4.79 Å². The molecule has 0 atom stereocenters. The third-order valence-electron chi connectivity index (χ3n) is 1.58. The lowest BCUT2D eigenvalue weighted by molar-refractivity contribution is -0.157. The van der Waals surface area contributed by atoms with Crippen LogP contribution < -0.4 is 0 Å². The van der Waals surface area contributed by atoms with E-state index in [2.05, 4.69) is 16.1 Å². The Balaban J connectivity index is 3.52. The van der Waals surface area contributed by atoms with Crippen molar-refractivity contribution in [3.05, 3.63) is 12.2 Å². The molecule has 1 N–H and O–H groups in total. The molecule has 0 aromatic heterocycles. The molecule has 6 heteroatoms. The number of hydrogen-bond acceptors (Lipinski definition) is 5. The second kappa shape index (κ2) is 7.44. The van der Waals surface area contributed by atoms with Crippen LogP contribution in [0.15, 0.2) is 12.2 Å². The van der Waals surface area contributed by atoms with Crippen molar-refractivity contribution in [3.8, 4) is 0 Å². The molecule has 6 nitrogen and oxygen atoms in total. The molecule has 0 saturated carbocycles. The minimum Gasteiger partial charge on any atom is -0.478 e. The molecule has 0 aliphatic heterocycles. The smallest absolute Gasteiger partial charge is 0.344 e. The summed E-state index contributed by atoms with van der Waals surface area (Å²) in [5.74, 6) is -2.28. The topological polar surface area (TPSA) is 89.9 Å². The molecule has 0 aromatic rings. The van der Waals surface area contributed by atoms with Crippen molar-refractivity contribution >= 4 is 17.9 Å². The summed E-state index contributed by atoms with van der Waals surface area (Å²) in [6.07, 6.45) is 0.618. The molecule has 0 spiro atoms. The summed E-state index contributed by atoms with van der Waals surface area (Å²) >= 11 is 0. The molecule has 0 heterocycles. The van der Waals surface area contributed by atoms with Crippen molar-refractivity contribution in [1.29, 1.82) is 0 Å². The van der Waals surface area contributed by atoms with Crippen molar-refractivity contribution in [2.75, 3.05) is 13.2 Å². The van der Waals surface area contributed by atoms with E-state index in [0.29, 0.717) is 6.42 Å². The third-order valence-corrected chi connectivity index (χ3v) is 1.58. The Labute approximate surface area is 92.8 Å². The Kier molecular flexibility index (Phi) is 6.58. The highest BCUT2D eigenvalue weighted by atomic mass is 16.6. The van der Waals surface area contributed by atoms with Gasteiger partial charge in [0, 0.05) is 12.5 Å². The van der Waals surface area contributed by atoms with Crippen molar-refractivity contribution in [3.63, 3.8) is 0 Å². The van der Waals surface area contributed by atoms with Crippen LogP contribution in [0.3, 0.4) is 0 Å². The zero-order valence-electron chi connectivity index (χ0n) is 9.02. The van der Waals surface area contributed by atoms with Gasteiger partial charge < -0.3 is 14.6 Å². The number of carboxylic acid groups (broad SMARTS) is 1. The number of hydrogen-bond donors (Lipinski definition) is 1. The molecule has 0 saturated heterocycles. The Morgan fingerprint density at radius 3 is 2.38 bits per heavy atom. The summed E-state index contributed by atoms with van der Waals surface area (Å²) in [5.41, 5.74) is 0.0658. The molecule has 0 bridgehead atoms. The molecule has 0 rings (SSSR count). The van der Waals surface area contributed by atoms with Gasteiger partial charge in [-0.05, 0) is 12.8 Å². The van der Waals surface area contributed by atoms with Crippen LogP contribution in [0.4, 0.5) is 0 Å². The van der Waals surface area contributed by atoms with Crippen molar-refractivity contribution in [2.45, 2.75) is 19.8 Å². The first-order chi connectivity index (χ1) is 7.43. The summed E-state index contributed by atoms with van der Waals surface area (Å²) in [7, 11) is 0. The van der Waals surface area contributed by atoms with E-state index in [1.165, 1.54) is 6.92 Å². The quantitative estimate of drug-likeness (QED) is 0.389. The molecule has 0 unspecified atom stereocenters. The summed E-state index contributed by atoms with van der Waals surface area (Å²) in [6.45, 7) is 4.16. The average molecular weight is 230 g/mol. The third kappa shape index (κ3) is 7.54. The maximum Gasteiger partial charge on any atom is 0.344 e. The summed E-state index contributed by atoms with van der Waals surface area (Å²) < 4.78 is 9.07. The van der Waals surface area contributed by atoms with Gasteiger partial charge in [0.25, 0.3) is 0 Å². The maximum atomic E-state index is 10.9. The van der Waals surface area contributed by atoms with Crippen molar-refractivity contribution < 1.29 is 29.0 Å². The number of carbonyl (C=O) groups excluding carboxylic acids is 2. The van der Waals surface area contributed by atoms with Gasteiger partial charge in [0.1, 0.15) is 0 Å². The lowest BCUT2D eigenvalue weighted by atomic mass is 10.2. The van der Waals surface area contributed by atoms with Crippen LogP contribution in [-0.2, 0) is 23.9 Å². The van der Waals surface area contributed by atoms with E-state index in [1.807, 2.05) is 0 Å². The average Bonchev–Trinajstić information content (AvgIpc) is 2.20. The van der Waals surface area contributed by atoms with Crippen LogP contribution in [0, 0.1) is 0 Å². The standard InChI is InChI=1S/C10H14O6/c1-7(10(13)14)4-3-5-15-9(12)6-16-8(2)11/h1,3-6H2,2H3,(H,13,14). The van der Waals surface area contributed by atoms with E-state index in [1.54, 1.807) is 0 Å². The molecule has 16 heavy (non-hydrogen) atoms. The van der Waals surface area contributed by atoms with Gasteiger partial charge >= 0.3 is 17.9 Å². The first-order valence-electron chi connectivity index (χ1n) is 4.63. The largest absolute Gasteiger partial charge is 0.478 e. The Morgan fingerprint density at radius 1 is 1.25 bits per heavy atom. The van der Waals surface area contributed by atoms with E-state index in [4.69, 9.17) is 5.11 Å². The van der Waals surface area contributed by atoms with Crippen molar-refractivity contribution in [2.24, 2.45) is 0 Å². The molecule has 90 valence electrons. The number of carbonyl (C=O) groups is 3. The van der Waals surface area contributed by atoms with Crippen LogP contribution in [0.25, 0.3) is 0 Å². The zero-order valence-corrected chi connectivity index (χ0v) is 9.02. The van der Waals surface area contributed by atoms with Crippen LogP contribution in [0.5, 0.6) is 0 Å². The SMILES string of the molecule is C=C(CCCOC(=O)COC(C)=O)C(=O)O. The molecule has 0 aliphatic carbocycles. The van der Waals surface area contributed by atoms with Crippen molar-refractivity contribution in [1.82, 2.24) is 0 Å². The summed E-state index contributed by atoms with van der Waals surface area (Å²) in [6, 6.07) is 0. The van der Waals surface area contributed by atoms with Crippen LogP contribution in [-0.4, -0.2) is 36.2 Å². The molecular weight excluding hydrogens is 216 g/mol. The van der Waals surface area contributed by atoms with E-state index < -0.39 is 24.5 Å². The molecule has 0 fully saturated rings. The Hall–Kier alpha value is -1.85. The van der Waals surface area contributed by atoms with Gasteiger partial charge in [-0.25, -0.2) is 9.59 Å². The number of ether oxygens (including phenoxy) is 2. The van der Waals surface area contributed by atoms with Gasteiger partial charge in [-0.15, -0.1) is 0 Å². The number of rotatable bonds is 7. The Morgan fingerprint density at radius 2 is 1.88 bits per heavy atom. The van der Waals surface area contributed by atoms with E-state index in [0.717, 1.165) is 0 Å². The predicted octanol–water partition coefficient (Wildman–Crippen LogP) is 0.514. The van der Waals surface area contributed by atoms with Crippen LogP contribution >= 0.6 is 0 Å². The van der Waals surface area contributed by atoms with Gasteiger partial charge in [0.05, 0.1) is 6.61 Å². The number of aliphatic carboxylic acids is 1. The fourth-order valence-electron chi connectivity index (χ4n) is 0.781. The normalized spacial score (nSPS) is 9.31. The molecule has 0 amide bonds. The lowest BCUT2D eigenvalue weighted by Gasteiger charge is -2.04. The molecular formula is C10H14O6. The molecule has 0 aliphatic rings. The van der Waals surface area contributed by atoms with E-state index >= 15 is 0 Å². The maximum absolute atomic E-state index is 10.9. The van der Waals surface area contributed by atoms with E-state index in [9.17, 15) is 14.4 Å². The van der Waals surface area contributed by atoms with Crippen LogP contribution in [0.2, 0.25) is 0 Å². The molecule has 0 aromatic carbocycles. The first-order valence-corrected chi connectivity index (χ1v) is 4.63. The van der Waals surface area contributed by atoms with Gasteiger partial charge in [0.2, 0.25) is 0 Å². The number of carboxylic acids is 1. The van der Waals surface area contributed by atoms with E-state index in [-0.39, 0.29) is 18.6 Å². The first kappa shape index (κ1) is 14.2. The summed E-state index contributed by atoms with van der Waals surface area (Å²) in [4.78, 5) is 31.6. The Bertz CT molecular complexity index is 294. The highest BCUT2D eigenvalue weighted by Crippen LogP contribution is 2.02. The van der Waals surface area contributed by atoms with Gasteiger partial charge in [-0.2, -0.15) is 0 Å². The summed E-state index contributed by atoms with van der Waals surface area (Å²) in [5, 5.41) is 8.47. The van der Waals surface area contributed by atoms with Crippen LogP contribution in [0.1, 0.15) is 19.8 Å². The minimum atomic E-state index is -1.06. The minimum absolute atomic E-state index is 0.0658. The predicted molar refractivity (Wildman–Crippen MR) is 53.6 cm³/mol. The zero-order chi connectivity index (χ0) is 12.6. The second-order valence-corrected chi connectivity index (χ2v) is 3.01. The highest BCUT2D eigenvalue weighted by molar-refractivity contribution is 5.85. The fraction of sp³-hybridized carbons (Fsp3) is 0.500. The monoisotopic (exact) mass is 230 g/mol. The lowest BCUT2D eigenvalue weighted by Crippen LogP contribution is -2.15. The second-order valence-electron chi connectivity index (χ2n) is 3.01. The van der Waals surface area contributed by atoms with Gasteiger partial charge in [-0.1, -0.05) is 6.58 Å².